The molecule has 6 heteroatoms. The van der Waals surface area contributed by atoms with Gasteiger partial charge in [0.15, 0.2) is 0 Å². The Labute approximate surface area is 184 Å². The molecule has 2 aliphatic heterocycles. The number of nitrogens with zero attached hydrogens (tertiary/aromatic N) is 2. The molecule has 0 radical (unpaired) electrons. The summed E-state index contributed by atoms with van der Waals surface area (Å²) in [4.78, 5) is 26.7. The normalized spacial score (nSPS) is 17.9. The van der Waals surface area contributed by atoms with Crippen LogP contribution in [0.25, 0.3) is 27.7 Å². The van der Waals surface area contributed by atoms with Crippen LogP contribution < -0.4 is 15.8 Å². The lowest BCUT2D eigenvalue weighted by Crippen LogP contribution is -2.44. The standard InChI is InChI=1S/C26H20N4O2/c1-29-19-15-9-8-14-18(19)20(23(29)16-10-4-2-5-11-16)21-22-24(27-25(21)31)28-30(26(22)32)17-12-6-3-7-13-17/h2-15,24,28H,1H3,(H,27,31). The van der Waals surface area contributed by atoms with E-state index in [9.17, 15) is 9.59 Å². The van der Waals surface area contributed by atoms with Crippen LogP contribution in [0.1, 0.15) is 5.56 Å². The van der Waals surface area contributed by atoms with Gasteiger partial charge in [-0.15, -0.1) is 0 Å². The highest BCUT2D eigenvalue weighted by Crippen LogP contribution is 2.42. The molecule has 6 rings (SSSR count). The van der Waals surface area contributed by atoms with E-state index >= 15 is 0 Å². The van der Waals surface area contributed by atoms with Crippen LogP contribution in [0.5, 0.6) is 0 Å². The number of amides is 2. The van der Waals surface area contributed by atoms with E-state index in [1.54, 1.807) is 0 Å². The monoisotopic (exact) mass is 420 g/mol. The molecule has 0 spiro atoms. The van der Waals surface area contributed by atoms with Crippen LogP contribution >= 0.6 is 0 Å². The van der Waals surface area contributed by atoms with Crippen molar-refractivity contribution < 1.29 is 9.59 Å². The quantitative estimate of drug-likeness (QED) is 0.532. The summed E-state index contributed by atoms with van der Waals surface area (Å²) in [6, 6.07) is 27.3. The number of aryl methyl sites for hydroxylation is 1. The Morgan fingerprint density at radius 3 is 2.22 bits per heavy atom. The summed E-state index contributed by atoms with van der Waals surface area (Å²) in [6.07, 6.45) is -0.562. The molecule has 1 atom stereocenters. The number of benzene rings is 3. The molecule has 0 bridgehead atoms. The third kappa shape index (κ3) is 2.57. The lowest BCUT2D eigenvalue weighted by molar-refractivity contribution is -0.116. The number of carbonyl (C=O) groups excluding carboxylic acids is 2. The van der Waals surface area contributed by atoms with Crippen LogP contribution in [0.4, 0.5) is 5.69 Å². The minimum atomic E-state index is -0.562. The van der Waals surface area contributed by atoms with Gasteiger partial charge in [-0.1, -0.05) is 66.7 Å². The number of nitrogens with one attached hydrogen (secondary N) is 2. The first-order valence-corrected chi connectivity index (χ1v) is 10.5. The summed E-state index contributed by atoms with van der Waals surface area (Å²) in [5.41, 5.74) is 8.46. The summed E-state index contributed by atoms with van der Waals surface area (Å²) < 4.78 is 2.09. The first-order chi connectivity index (χ1) is 15.6. The summed E-state index contributed by atoms with van der Waals surface area (Å²) in [6.45, 7) is 0. The van der Waals surface area contributed by atoms with Gasteiger partial charge in [-0.2, -0.15) is 5.43 Å². The average Bonchev–Trinajstić information content (AvgIpc) is 3.43. The van der Waals surface area contributed by atoms with Gasteiger partial charge in [-0.25, -0.2) is 5.01 Å². The smallest absolute Gasteiger partial charge is 0.273 e. The van der Waals surface area contributed by atoms with Gasteiger partial charge in [0.25, 0.3) is 11.8 Å². The Morgan fingerprint density at radius 2 is 1.47 bits per heavy atom. The van der Waals surface area contributed by atoms with Gasteiger partial charge in [-0.3, -0.25) is 9.59 Å². The minimum absolute atomic E-state index is 0.221. The van der Waals surface area contributed by atoms with Crippen LogP contribution in [0.15, 0.2) is 90.5 Å². The summed E-state index contributed by atoms with van der Waals surface area (Å²) >= 11 is 0. The van der Waals surface area contributed by atoms with Gasteiger partial charge in [0.05, 0.1) is 22.5 Å². The average molecular weight is 420 g/mol. The lowest BCUT2D eigenvalue weighted by atomic mass is 9.95. The van der Waals surface area contributed by atoms with Gasteiger partial charge in [-0.05, 0) is 23.8 Å². The number of carbonyl (C=O) groups is 2. The lowest BCUT2D eigenvalue weighted by Gasteiger charge is -2.18. The van der Waals surface area contributed by atoms with Crippen molar-refractivity contribution in [3.05, 3.63) is 96.1 Å². The largest absolute Gasteiger partial charge is 0.343 e. The fraction of sp³-hybridized carbons (Fsp3) is 0.0769. The molecule has 1 saturated heterocycles. The van der Waals surface area contributed by atoms with Gasteiger partial charge in [0.1, 0.15) is 6.17 Å². The minimum Gasteiger partial charge on any atom is -0.343 e. The van der Waals surface area contributed by atoms with Crippen molar-refractivity contribution in [2.75, 3.05) is 5.01 Å². The molecule has 32 heavy (non-hydrogen) atoms. The van der Waals surface area contributed by atoms with Crippen molar-refractivity contribution in [3.8, 4) is 11.3 Å². The highest BCUT2D eigenvalue weighted by Gasteiger charge is 2.46. The second-order valence-electron chi connectivity index (χ2n) is 7.97. The van der Waals surface area contributed by atoms with Crippen molar-refractivity contribution in [1.29, 1.82) is 0 Å². The number of aromatic nitrogens is 1. The maximum Gasteiger partial charge on any atom is 0.273 e. The third-order valence-corrected chi connectivity index (χ3v) is 6.17. The molecular weight excluding hydrogens is 400 g/mol. The van der Waals surface area contributed by atoms with E-state index in [1.165, 1.54) is 5.01 Å². The van der Waals surface area contributed by atoms with Crippen LogP contribution in [-0.4, -0.2) is 22.5 Å². The van der Waals surface area contributed by atoms with Gasteiger partial charge >= 0.3 is 0 Å². The second kappa shape index (κ2) is 6.93. The summed E-state index contributed by atoms with van der Waals surface area (Å²) in [7, 11) is 1.99. The summed E-state index contributed by atoms with van der Waals surface area (Å²) in [5.74, 6) is -0.464. The molecule has 0 aliphatic carbocycles. The van der Waals surface area contributed by atoms with E-state index in [-0.39, 0.29) is 11.8 Å². The van der Waals surface area contributed by atoms with Crippen LogP contribution in [0, 0.1) is 0 Å². The number of hydrogen-bond acceptors (Lipinski definition) is 3. The van der Waals surface area contributed by atoms with E-state index in [0.717, 1.165) is 33.4 Å². The Balaban J connectivity index is 1.62. The third-order valence-electron chi connectivity index (χ3n) is 6.17. The number of fused-ring (bicyclic) bond motifs is 2. The molecule has 3 aromatic carbocycles. The molecular formula is C26H20N4O2. The molecule has 2 N–H and O–H groups in total. The fourth-order valence-electron chi connectivity index (χ4n) is 4.77. The molecule has 6 nitrogen and oxygen atoms in total. The second-order valence-corrected chi connectivity index (χ2v) is 7.97. The number of rotatable bonds is 3. The van der Waals surface area contributed by atoms with Gasteiger partial charge in [0.2, 0.25) is 0 Å². The molecule has 1 fully saturated rings. The highest BCUT2D eigenvalue weighted by atomic mass is 16.2. The molecule has 1 aromatic heterocycles. The van der Waals surface area contributed by atoms with Crippen LogP contribution in [0.3, 0.4) is 0 Å². The molecule has 2 amide bonds. The Hall–Kier alpha value is -4.16. The molecule has 156 valence electrons. The predicted molar refractivity (Wildman–Crippen MR) is 124 cm³/mol. The van der Waals surface area contributed by atoms with Crippen molar-refractivity contribution in [1.82, 2.24) is 15.3 Å². The number of hydrogen-bond donors (Lipinski definition) is 2. The Morgan fingerprint density at radius 1 is 0.812 bits per heavy atom. The summed E-state index contributed by atoms with van der Waals surface area (Å²) in [5, 5.41) is 5.40. The zero-order valence-corrected chi connectivity index (χ0v) is 17.4. The van der Waals surface area contributed by atoms with E-state index in [2.05, 4.69) is 15.3 Å². The van der Waals surface area contributed by atoms with Crippen molar-refractivity contribution >= 4 is 34.0 Å². The molecule has 1 unspecified atom stereocenters. The van der Waals surface area contributed by atoms with Crippen LogP contribution in [0.2, 0.25) is 0 Å². The fourth-order valence-corrected chi connectivity index (χ4v) is 4.77. The number of anilines is 1. The van der Waals surface area contributed by atoms with Gasteiger partial charge in [0, 0.05) is 23.5 Å². The van der Waals surface area contributed by atoms with E-state index in [4.69, 9.17) is 0 Å². The topological polar surface area (TPSA) is 66.4 Å². The maximum absolute atomic E-state index is 13.5. The van der Waals surface area contributed by atoms with E-state index in [0.29, 0.717) is 11.1 Å². The Kier molecular flexibility index (Phi) is 4.03. The Bertz CT molecular complexity index is 1420. The van der Waals surface area contributed by atoms with Crippen molar-refractivity contribution in [2.24, 2.45) is 7.05 Å². The number of hydrazine groups is 1. The van der Waals surface area contributed by atoms with Crippen molar-refractivity contribution in [2.45, 2.75) is 6.17 Å². The van der Waals surface area contributed by atoms with Crippen LogP contribution in [-0.2, 0) is 16.6 Å². The molecule has 0 saturated carbocycles. The molecule has 2 aliphatic rings. The van der Waals surface area contributed by atoms with E-state index in [1.807, 2.05) is 92.0 Å². The predicted octanol–water partition coefficient (Wildman–Crippen LogP) is 3.61. The zero-order chi connectivity index (χ0) is 21.8. The van der Waals surface area contributed by atoms with Crippen molar-refractivity contribution in [3.63, 3.8) is 0 Å². The van der Waals surface area contributed by atoms with E-state index < -0.39 is 6.17 Å². The zero-order valence-electron chi connectivity index (χ0n) is 17.4. The number of para-hydroxylation sites is 2. The first kappa shape index (κ1) is 18.6. The SMILES string of the molecule is Cn1c(-c2ccccc2)c(C2=C3C(=O)N(c4ccccc4)NC3NC2=O)c2ccccc21. The van der Waals surface area contributed by atoms with Gasteiger partial charge < -0.3 is 9.88 Å². The molecule has 3 heterocycles. The molecule has 4 aromatic rings. The first-order valence-electron chi connectivity index (χ1n) is 10.5. The highest BCUT2D eigenvalue weighted by molar-refractivity contribution is 6.34. The maximum atomic E-state index is 13.5.